The number of nitrogens with zero attached hydrogens (tertiary/aromatic N) is 2. The normalized spacial score (nSPS) is 11.6. The van der Waals surface area contributed by atoms with Crippen molar-refractivity contribution in [3.63, 3.8) is 0 Å². The second-order valence-corrected chi connectivity index (χ2v) is 6.19. The fourth-order valence-corrected chi connectivity index (χ4v) is 3.18. The lowest BCUT2D eigenvalue weighted by molar-refractivity contribution is 0.328. The van der Waals surface area contributed by atoms with Crippen LogP contribution in [0.4, 0.5) is 4.39 Å². The molecule has 0 bridgehead atoms. The van der Waals surface area contributed by atoms with Gasteiger partial charge in [0.05, 0.1) is 6.54 Å². The van der Waals surface area contributed by atoms with E-state index in [0.29, 0.717) is 18.9 Å². The van der Waals surface area contributed by atoms with E-state index in [0.717, 1.165) is 5.56 Å². The minimum absolute atomic E-state index is 0.265. The Labute approximate surface area is 151 Å². The van der Waals surface area contributed by atoms with E-state index in [1.54, 1.807) is 12.1 Å². The van der Waals surface area contributed by atoms with Crippen LogP contribution in [0.15, 0.2) is 71.7 Å². The molecule has 0 fully saturated rings. The van der Waals surface area contributed by atoms with Gasteiger partial charge in [-0.25, -0.2) is 4.39 Å². The van der Waals surface area contributed by atoms with Crippen LogP contribution in [-0.4, -0.2) is 23.9 Å². The summed E-state index contributed by atoms with van der Waals surface area (Å²) in [5, 5.41) is 2.48. The first-order chi connectivity index (χ1) is 12.7. The van der Waals surface area contributed by atoms with Crippen LogP contribution in [0.25, 0.3) is 21.8 Å². The van der Waals surface area contributed by atoms with Crippen LogP contribution in [-0.2, 0) is 7.05 Å². The molecule has 0 aliphatic carbocycles. The number of halogens is 1. The van der Waals surface area contributed by atoms with Crippen molar-refractivity contribution in [1.82, 2.24) is 4.57 Å². The average molecular weight is 346 g/mol. The maximum Gasteiger partial charge on any atom is 0.123 e. The molecule has 0 unspecified atom stereocenters. The Morgan fingerprint density at radius 3 is 2.58 bits per heavy atom. The van der Waals surface area contributed by atoms with Crippen LogP contribution in [0, 0.1) is 5.82 Å². The molecule has 26 heavy (non-hydrogen) atoms. The van der Waals surface area contributed by atoms with E-state index < -0.39 is 0 Å². The first-order valence-electron chi connectivity index (χ1n) is 8.58. The van der Waals surface area contributed by atoms with E-state index in [-0.39, 0.29) is 5.82 Å². The Bertz CT molecular complexity index is 1080. The van der Waals surface area contributed by atoms with Crippen LogP contribution >= 0.6 is 0 Å². The zero-order chi connectivity index (χ0) is 17.9. The number of hydrogen-bond donors (Lipinski definition) is 0. The molecule has 0 N–H and O–H groups in total. The second kappa shape index (κ2) is 7.00. The fourth-order valence-electron chi connectivity index (χ4n) is 3.18. The molecule has 4 rings (SSSR count). The highest BCUT2D eigenvalue weighted by atomic mass is 19.1. The maximum absolute atomic E-state index is 12.8. The number of rotatable bonds is 5. The molecule has 3 nitrogen and oxygen atoms in total. The molecule has 4 heteroatoms. The molecule has 1 aromatic heterocycles. The Balaban J connectivity index is 1.46. The van der Waals surface area contributed by atoms with Gasteiger partial charge < -0.3 is 9.30 Å². The van der Waals surface area contributed by atoms with Crippen molar-refractivity contribution in [1.29, 1.82) is 0 Å². The topological polar surface area (TPSA) is 26.5 Å². The summed E-state index contributed by atoms with van der Waals surface area (Å²) in [7, 11) is 2.09. The lowest BCUT2D eigenvalue weighted by atomic mass is 10.1. The minimum atomic E-state index is -0.265. The van der Waals surface area contributed by atoms with Crippen molar-refractivity contribution < 1.29 is 9.13 Å². The monoisotopic (exact) mass is 346 g/mol. The number of para-hydroxylation sites is 1. The van der Waals surface area contributed by atoms with E-state index in [1.165, 1.54) is 33.9 Å². The van der Waals surface area contributed by atoms with Crippen molar-refractivity contribution in [3.8, 4) is 5.75 Å². The number of ether oxygens (including phenoxy) is 1. The van der Waals surface area contributed by atoms with Gasteiger partial charge in [-0.2, -0.15) is 0 Å². The quantitative estimate of drug-likeness (QED) is 0.370. The minimum Gasteiger partial charge on any atom is -0.492 e. The van der Waals surface area contributed by atoms with Crippen molar-refractivity contribution >= 4 is 28.0 Å². The van der Waals surface area contributed by atoms with Gasteiger partial charge in [-0.15, -0.1) is 0 Å². The van der Waals surface area contributed by atoms with Gasteiger partial charge in [0.1, 0.15) is 18.2 Å². The van der Waals surface area contributed by atoms with Gasteiger partial charge in [-0.05, 0) is 48.0 Å². The molecule has 1 heterocycles. The van der Waals surface area contributed by atoms with Crippen LogP contribution in [0.2, 0.25) is 0 Å². The molecule has 0 amide bonds. The van der Waals surface area contributed by atoms with Gasteiger partial charge in [-0.3, -0.25) is 4.99 Å². The van der Waals surface area contributed by atoms with Crippen molar-refractivity contribution in [2.45, 2.75) is 0 Å². The molecule has 3 aromatic carbocycles. The lowest BCUT2D eigenvalue weighted by Crippen LogP contribution is -2.01. The summed E-state index contributed by atoms with van der Waals surface area (Å²) in [6.45, 7) is 1.00. The zero-order valence-corrected chi connectivity index (χ0v) is 14.5. The van der Waals surface area contributed by atoms with Crippen LogP contribution in [0.1, 0.15) is 5.56 Å². The number of aliphatic imine (C=N–C) groups is 1. The molecule has 0 saturated carbocycles. The standard InChI is InChI=1S/C22H19FN2O/c1-25-21-5-3-2-4-19(21)20-14-16(6-11-22(20)25)15-24-12-13-26-18-9-7-17(23)8-10-18/h2-11,14-15H,12-13H2,1H3. The van der Waals surface area contributed by atoms with Crippen LogP contribution in [0.3, 0.4) is 0 Å². The highest BCUT2D eigenvalue weighted by Crippen LogP contribution is 2.28. The summed E-state index contributed by atoms with van der Waals surface area (Å²) < 4.78 is 20.6. The van der Waals surface area contributed by atoms with Gasteiger partial charge >= 0.3 is 0 Å². The van der Waals surface area contributed by atoms with Gasteiger partial charge in [0.2, 0.25) is 0 Å². The number of aromatic nitrogens is 1. The van der Waals surface area contributed by atoms with E-state index in [4.69, 9.17) is 4.74 Å². The van der Waals surface area contributed by atoms with E-state index >= 15 is 0 Å². The van der Waals surface area contributed by atoms with Gasteiger partial charge in [-0.1, -0.05) is 24.3 Å². The van der Waals surface area contributed by atoms with E-state index in [2.05, 4.69) is 59.1 Å². The zero-order valence-electron chi connectivity index (χ0n) is 14.5. The number of aryl methyl sites for hydroxylation is 1. The highest BCUT2D eigenvalue weighted by molar-refractivity contribution is 6.09. The second-order valence-electron chi connectivity index (χ2n) is 6.19. The van der Waals surface area contributed by atoms with Gasteiger partial charge in [0.25, 0.3) is 0 Å². The molecular formula is C22H19FN2O. The third-order valence-corrected chi connectivity index (χ3v) is 4.48. The fraction of sp³-hybridized carbons (Fsp3) is 0.136. The van der Waals surface area contributed by atoms with E-state index in [9.17, 15) is 4.39 Å². The molecule has 0 spiro atoms. The summed E-state index contributed by atoms with van der Waals surface area (Å²) in [5.74, 6) is 0.387. The SMILES string of the molecule is Cn1c2ccccc2c2cc(C=NCCOc3ccc(F)cc3)ccc21. The molecular weight excluding hydrogens is 327 g/mol. The largest absolute Gasteiger partial charge is 0.492 e. The predicted octanol–water partition coefficient (Wildman–Crippen LogP) is 4.97. The summed E-state index contributed by atoms with van der Waals surface area (Å²) in [6, 6.07) is 20.8. The number of hydrogen-bond acceptors (Lipinski definition) is 2. The van der Waals surface area contributed by atoms with Crippen molar-refractivity contribution in [2.24, 2.45) is 12.0 Å². The summed E-state index contributed by atoms with van der Waals surface area (Å²) >= 11 is 0. The third kappa shape index (κ3) is 3.18. The van der Waals surface area contributed by atoms with E-state index in [1.807, 2.05) is 6.21 Å². The van der Waals surface area contributed by atoms with Crippen molar-refractivity contribution in [3.05, 3.63) is 78.1 Å². The molecule has 0 atom stereocenters. The Hall–Kier alpha value is -3.14. The summed E-state index contributed by atoms with van der Waals surface area (Å²) in [4.78, 5) is 4.44. The Morgan fingerprint density at radius 1 is 0.962 bits per heavy atom. The van der Waals surface area contributed by atoms with Gasteiger partial charge in [0.15, 0.2) is 0 Å². The molecule has 0 aliphatic rings. The van der Waals surface area contributed by atoms with Crippen LogP contribution < -0.4 is 4.74 Å². The molecule has 130 valence electrons. The Morgan fingerprint density at radius 2 is 1.73 bits per heavy atom. The van der Waals surface area contributed by atoms with Gasteiger partial charge in [0, 0.05) is 35.1 Å². The van der Waals surface area contributed by atoms with Crippen LogP contribution in [0.5, 0.6) is 5.75 Å². The van der Waals surface area contributed by atoms with Crippen molar-refractivity contribution in [2.75, 3.05) is 13.2 Å². The molecule has 0 radical (unpaired) electrons. The summed E-state index contributed by atoms with van der Waals surface area (Å²) in [5.41, 5.74) is 3.50. The average Bonchev–Trinajstić information content (AvgIpc) is 2.95. The first-order valence-corrected chi connectivity index (χ1v) is 8.58. The molecule has 0 saturated heterocycles. The predicted molar refractivity (Wildman–Crippen MR) is 105 cm³/mol. The molecule has 4 aromatic rings. The number of fused-ring (bicyclic) bond motifs is 3. The smallest absolute Gasteiger partial charge is 0.123 e. The highest BCUT2D eigenvalue weighted by Gasteiger charge is 2.07. The first kappa shape index (κ1) is 16.3. The molecule has 0 aliphatic heterocycles. The third-order valence-electron chi connectivity index (χ3n) is 4.48. The maximum atomic E-state index is 12.8. The Kier molecular flexibility index (Phi) is 4.40. The number of benzene rings is 3. The lowest BCUT2D eigenvalue weighted by Gasteiger charge is -2.03. The summed E-state index contributed by atoms with van der Waals surface area (Å²) in [6.07, 6.45) is 1.87.